The van der Waals surface area contributed by atoms with Gasteiger partial charge in [0.05, 0.1) is 3.79 Å². The summed E-state index contributed by atoms with van der Waals surface area (Å²) in [6, 6.07) is 26.3. The Morgan fingerprint density at radius 2 is 1.28 bits per heavy atom. The summed E-state index contributed by atoms with van der Waals surface area (Å²) >= 11 is 5.54. The predicted octanol–water partition coefficient (Wildman–Crippen LogP) is 2.69. The van der Waals surface area contributed by atoms with Gasteiger partial charge in [0.15, 0.2) is 0 Å². The minimum Gasteiger partial charge on any atom is -0.273 e. The maximum atomic E-state index is 3.65. The van der Waals surface area contributed by atoms with E-state index in [1.807, 2.05) is 11.3 Å². The molecule has 1 aliphatic heterocycles. The van der Waals surface area contributed by atoms with Crippen LogP contribution in [0.5, 0.6) is 0 Å². The van der Waals surface area contributed by atoms with E-state index in [9.17, 15) is 0 Å². The molecule has 2 aromatic carbocycles. The lowest BCUT2D eigenvalue weighted by atomic mass is 10.2. The Hall–Kier alpha value is -1.46. The van der Waals surface area contributed by atoms with Crippen molar-refractivity contribution in [3.05, 3.63) is 92.6 Å². The molecule has 2 heterocycles. The average molecular weight is 415 g/mol. The SMILES string of the molecule is Brc1ccc(C2[NH+](Cc3ccccc3)CC[NH+]2Cc2ccccc2)s1. The molecule has 0 amide bonds. The molecule has 128 valence electrons. The van der Waals surface area contributed by atoms with Crippen molar-refractivity contribution in [2.75, 3.05) is 13.1 Å². The van der Waals surface area contributed by atoms with Gasteiger partial charge < -0.3 is 0 Å². The van der Waals surface area contributed by atoms with Crippen LogP contribution in [0.2, 0.25) is 0 Å². The van der Waals surface area contributed by atoms with Gasteiger partial charge in [0.1, 0.15) is 31.1 Å². The van der Waals surface area contributed by atoms with Crippen LogP contribution in [0.4, 0.5) is 0 Å². The third-order valence-electron chi connectivity index (χ3n) is 5.01. The highest BCUT2D eigenvalue weighted by Crippen LogP contribution is 2.25. The Labute approximate surface area is 161 Å². The van der Waals surface area contributed by atoms with E-state index >= 15 is 0 Å². The normalized spacial score (nSPS) is 23.0. The molecule has 1 aliphatic rings. The summed E-state index contributed by atoms with van der Waals surface area (Å²) in [4.78, 5) is 4.83. The summed E-state index contributed by atoms with van der Waals surface area (Å²) in [5.74, 6) is 0. The van der Waals surface area contributed by atoms with Crippen LogP contribution in [0.15, 0.2) is 76.6 Å². The van der Waals surface area contributed by atoms with Crippen LogP contribution >= 0.6 is 27.3 Å². The van der Waals surface area contributed by atoms with Gasteiger partial charge in [-0.2, -0.15) is 0 Å². The lowest BCUT2D eigenvalue weighted by molar-refractivity contribution is -1.09. The number of rotatable bonds is 5. The van der Waals surface area contributed by atoms with Crippen molar-refractivity contribution in [1.29, 1.82) is 0 Å². The Morgan fingerprint density at radius 1 is 0.760 bits per heavy atom. The lowest BCUT2D eigenvalue weighted by Crippen LogP contribution is -3.22. The molecule has 2 atom stereocenters. The van der Waals surface area contributed by atoms with Crippen molar-refractivity contribution in [2.24, 2.45) is 0 Å². The van der Waals surface area contributed by atoms with E-state index < -0.39 is 0 Å². The van der Waals surface area contributed by atoms with Crippen LogP contribution in [0, 0.1) is 0 Å². The first-order valence-electron chi connectivity index (χ1n) is 8.82. The summed E-state index contributed by atoms with van der Waals surface area (Å²) in [5, 5.41) is 0. The average Bonchev–Trinajstić information content (AvgIpc) is 3.23. The van der Waals surface area contributed by atoms with E-state index in [1.165, 1.54) is 32.9 Å². The van der Waals surface area contributed by atoms with Crippen molar-refractivity contribution in [2.45, 2.75) is 19.3 Å². The summed E-state index contributed by atoms with van der Waals surface area (Å²) in [6.45, 7) is 4.63. The van der Waals surface area contributed by atoms with Gasteiger partial charge in [-0.1, -0.05) is 60.7 Å². The molecule has 4 heteroatoms. The van der Waals surface area contributed by atoms with Gasteiger partial charge in [-0.3, -0.25) is 9.80 Å². The predicted molar refractivity (Wildman–Crippen MR) is 107 cm³/mol. The molecule has 1 fully saturated rings. The first kappa shape index (κ1) is 17.0. The molecule has 1 saturated heterocycles. The Balaban J connectivity index is 1.58. The number of quaternary nitrogens is 2. The van der Waals surface area contributed by atoms with Crippen molar-refractivity contribution in [3.8, 4) is 0 Å². The van der Waals surface area contributed by atoms with Gasteiger partial charge in [0.25, 0.3) is 0 Å². The molecule has 0 aliphatic carbocycles. The Bertz CT molecular complexity index is 754. The minimum atomic E-state index is 0.511. The van der Waals surface area contributed by atoms with Gasteiger partial charge in [0, 0.05) is 11.1 Å². The van der Waals surface area contributed by atoms with Crippen LogP contribution in [-0.4, -0.2) is 13.1 Å². The van der Waals surface area contributed by atoms with Crippen LogP contribution in [0.25, 0.3) is 0 Å². The molecule has 2 N–H and O–H groups in total. The van der Waals surface area contributed by atoms with Gasteiger partial charge >= 0.3 is 0 Å². The second-order valence-electron chi connectivity index (χ2n) is 6.72. The zero-order valence-electron chi connectivity index (χ0n) is 14.1. The smallest absolute Gasteiger partial charge is 0.250 e. The van der Waals surface area contributed by atoms with Crippen LogP contribution in [0.3, 0.4) is 0 Å². The molecule has 2 unspecified atom stereocenters. The number of nitrogens with one attached hydrogen (secondary N) is 2. The Kier molecular flexibility index (Phi) is 5.32. The van der Waals surface area contributed by atoms with E-state index in [0.29, 0.717) is 6.17 Å². The molecule has 0 bridgehead atoms. The van der Waals surface area contributed by atoms with Gasteiger partial charge in [-0.15, -0.1) is 11.3 Å². The molecule has 0 saturated carbocycles. The van der Waals surface area contributed by atoms with Crippen molar-refractivity contribution < 1.29 is 9.80 Å². The molecule has 25 heavy (non-hydrogen) atoms. The summed E-state index contributed by atoms with van der Waals surface area (Å²) in [7, 11) is 0. The summed E-state index contributed by atoms with van der Waals surface area (Å²) < 4.78 is 1.23. The fourth-order valence-electron chi connectivity index (χ4n) is 3.88. The lowest BCUT2D eigenvalue weighted by Gasteiger charge is -2.23. The van der Waals surface area contributed by atoms with E-state index in [2.05, 4.69) is 88.7 Å². The van der Waals surface area contributed by atoms with Crippen LogP contribution < -0.4 is 9.80 Å². The molecule has 0 spiro atoms. The van der Waals surface area contributed by atoms with Crippen molar-refractivity contribution in [3.63, 3.8) is 0 Å². The topological polar surface area (TPSA) is 8.88 Å². The molecular weight excluding hydrogens is 392 g/mol. The zero-order valence-corrected chi connectivity index (χ0v) is 16.5. The van der Waals surface area contributed by atoms with Gasteiger partial charge in [-0.25, -0.2) is 0 Å². The minimum absolute atomic E-state index is 0.511. The van der Waals surface area contributed by atoms with E-state index in [1.54, 1.807) is 9.80 Å². The van der Waals surface area contributed by atoms with E-state index in [0.717, 1.165) is 13.1 Å². The first-order chi connectivity index (χ1) is 12.3. The maximum Gasteiger partial charge on any atom is 0.250 e. The largest absolute Gasteiger partial charge is 0.273 e. The van der Waals surface area contributed by atoms with E-state index in [4.69, 9.17) is 0 Å². The second kappa shape index (κ2) is 7.83. The number of hydrogen-bond acceptors (Lipinski definition) is 1. The fourth-order valence-corrected chi connectivity index (χ4v) is 5.52. The second-order valence-corrected chi connectivity index (χ2v) is 9.21. The number of thiophene rings is 1. The molecule has 2 nitrogen and oxygen atoms in total. The van der Waals surface area contributed by atoms with Gasteiger partial charge in [0.2, 0.25) is 6.17 Å². The van der Waals surface area contributed by atoms with Crippen molar-refractivity contribution in [1.82, 2.24) is 0 Å². The first-order valence-corrected chi connectivity index (χ1v) is 10.4. The summed E-state index contributed by atoms with van der Waals surface area (Å²) in [5.41, 5.74) is 2.86. The highest BCUT2D eigenvalue weighted by molar-refractivity contribution is 9.11. The van der Waals surface area contributed by atoms with E-state index in [-0.39, 0.29) is 0 Å². The number of benzene rings is 2. The number of hydrogen-bond donors (Lipinski definition) is 2. The molecular formula is C21H23BrN2S+2. The standard InChI is InChI=1S/C21H21BrN2S/c22-20-12-11-19(25-20)21-23(15-17-7-3-1-4-8-17)13-14-24(21)16-18-9-5-2-6-10-18/h1-12,21H,13-16H2/p+2. The molecule has 1 aromatic heterocycles. The fraction of sp³-hybridized carbons (Fsp3) is 0.238. The number of halogens is 1. The Morgan fingerprint density at radius 3 is 1.72 bits per heavy atom. The molecule has 3 aromatic rings. The van der Waals surface area contributed by atoms with Crippen LogP contribution in [0.1, 0.15) is 22.2 Å². The quantitative estimate of drug-likeness (QED) is 0.634. The summed E-state index contributed by atoms with van der Waals surface area (Å²) in [6.07, 6.45) is 0.511. The monoisotopic (exact) mass is 414 g/mol. The molecule has 4 rings (SSSR count). The zero-order chi connectivity index (χ0) is 17.1. The maximum absolute atomic E-state index is 3.65. The highest BCUT2D eigenvalue weighted by Gasteiger charge is 2.41. The van der Waals surface area contributed by atoms with Gasteiger partial charge in [-0.05, 0) is 28.1 Å². The highest BCUT2D eigenvalue weighted by atomic mass is 79.9. The third-order valence-corrected chi connectivity index (χ3v) is 6.70. The third kappa shape index (κ3) is 4.04. The van der Waals surface area contributed by atoms with Crippen LogP contribution in [-0.2, 0) is 13.1 Å². The van der Waals surface area contributed by atoms with Crippen molar-refractivity contribution >= 4 is 27.3 Å². The molecule has 0 radical (unpaired) electrons.